The fraction of sp³-hybridized carbons (Fsp3) is 0.500. The maximum Gasteiger partial charge on any atom is 0.327 e. The molecule has 98 valence electrons. The summed E-state index contributed by atoms with van der Waals surface area (Å²) in [4.78, 5) is 12.2. The SMILES string of the molecule is COCCN(c1cccc(F)c1[N+](=O)[O-])C1CC1. The van der Waals surface area contributed by atoms with Gasteiger partial charge in [0.2, 0.25) is 5.82 Å². The molecule has 1 fully saturated rings. The highest BCUT2D eigenvalue weighted by molar-refractivity contribution is 5.65. The summed E-state index contributed by atoms with van der Waals surface area (Å²) in [5.74, 6) is -0.791. The van der Waals surface area contributed by atoms with E-state index in [9.17, 15) is 14.5 Å². The molecule has 0 radical (unpaired) electrons. The number of nitro benzene ring substituents is 1. The number of rotatable bonds is 6. The first-order chi connectivity index (χ1) is 8.65. The summed E-state index contributed by atoms with van der Waals surface area (Å²) in [5, 5.41) is 11.0. The van der Waals surface area contributed by atoms with Crippen LogP contribution in [0.4, 0.5) is 15.8 Å². The Labute approximate surface area is 104 Å². The quantitative estimate of drug-likeness (QED) is 0.577. The average Bonchev–Trinajstić information content (AvgIpc) is 3.13. The fourth-order valence-corrected chi connectivity index (χ4v) is 1.99. The number of benzene rings is 1. The molecule has 0 aliphatic heterocycles. The zero-order valence-corrected chi connectivity index (χ0v) is 10.1. The van der Waals surface area contributed by atoms with Crippen LogP contribution in [0.25, 0.3) is 0 Å². The second kappa shape index (κ2) is 5.30. The minimum absolute atomic E-state index is 0.264. The number of nitrogens with zero attached hydrogens (tertiary/aromatic N) is 2. The number of methoxy groups -OCH3 is 1. The first-order valence-electron chi connectivity index (χ1n) is 5.83. The molecule has 1 aromatic carbocycles. The van der Waals surface area contributed by atoms with E-state index >= 15 is 0 Å². The molecule has 18 heavy (non-hydrogen) atoms. The molecule has 0 atom stereocenters. The van der Waals surface area contributed by atoms with Gasteiger partial charge in [-0.1, -0.05) is 6.07 Å². The van der Waals surface area contributed by atoms with Crippen molar-refractivity contribution < 1.29 is 14.1 Å². The normalized spacial score (nSPS) is 14.6. The summed E-state index contributed by atoms with van der Waals surface area (Å²) in [6.45, 7) is 0.996. The van der Waals surface area contributed by atoms with Crippen molar-refractivity contribution in [2.24, 2.45) is 0 Å². The van der Waals surface area contributed by atoms with E-state index in [0.717, 1.165) is 18.9 Å². The van der Waals surface area contributed by atoms with Gasteiger partial charge in [0.15, 0.2) is 0 Å². The Balaban J connectivity index is 2.34. The average molecular weight is 254 g/mol. The third-order valence-corrected chi connectivity index (χ3v) is 2.98. The number of hydrogen-bond acceptors (Lipinski definition) is 4. The third-order valence-electron chi connectivity index (χ3n) is 2.98. The van der Waals surface area contributed by atoms with Gasteiger partial charge in [0, 0.05) is 19.7 Å². The van der Waals surface area contributed by atoms with E-state index in [-0.39, 0.29) is 6.04 Å². The minimum Gasteiger partial charge on any atom is -0.383 e. The Morgan fingerprint density at radius 2 is 2.28 bits per heavy atom. The molecule has 1 saturated carbocycles. The van der Waals surface area contributed by atoms with Crippen LogP contribution in [0.1, 0.15) is 12.8 Å². The maximum absolute atomic E-state index is 13.6. The molecule has 0 N–H and O–H groups in total. The standard InChI is InChI=1S/C12H15FN2O3/c1-18-8-7-14(9-5-6-9)11-4-2-3-10(13)12(11)15(16)17/h2-4,9H,5-8H2,1H3. The second-order valence-electron chi connectivity index (χ2n) is 4.28. The van der Waals surface area contributed by atoms with Crippen LogP contribution in [-0.2, 0) is 4.74 Å². The van der Waals surface area contributed by atoms with E-state index in [1.165, 1.54) is 6.07 Å². The smallest absolute Gasteiger partial charge is 0.327 e. The van der Waals surface area contributed by atoms with Crippen molar-refractivity contribution in [2.45, 2.75) is 18.9 Å². The Hall–Kier alpha value is -1.69. The van der Waals surface area contributed by atoms with Crippen molar-refractivity contribution in [3.8, 4) is 0 Å². The van der Waals surface area contributed by atoms with Crippen LogP contribution in [0.2, 0.25) is 0 Å². The third kappa shape index (κ3) is 2.59. The maximum atomic E-state index is 13.6. The van der Waals surface area contributed by atoms with Crippen LogP contribution in [0.15, 0.2) is 18.2 Å². The van der Waals surface area contributed by atoms with Gasteiger partial charge < -0.3 is 9.64 Å². The number of nitro groups is 1. The lowest BCUT2D eigenvalue weighted by Crippen LogP contribution is -2.30. The predicted octanol–water partition coefficient (Wildman–Crippen LogP) is 2.35. The highest BCUT2D eigenvalue weighted by atomic mass is 19.1. The number of halogens is 1. The zero-order valence-electron chi connectivity index (χ0n) is 10.1. The fourth-order valence-electron chi connectivity index (χ4n) is 1.99. The van der Waals surface area contributed by atoms with Crippen molar-refractivity contribution in [3.05, 3.63) is 34.1 Å². The van der Waals surface area contributed by atoms with Gasteiger partial charge in [0.25, 0.3) is 0 Å². The van der Waals surface area contributed by atoms with Gasteiger partial charge in [-0.25, -0.2) is 0 Å². The van der Waals surface area contributed by atoms with E-state index in [2.05, 4.69) is 0 Å². The van der Waals surface area contributed by atoms with E-state index in [1.54, 1.807) is 13.2 Å². The van der Waals surface area contributed by atoms with Crippen molar-refractivity contribution in [3.63, 3.8) is 0 Å². The van der Waals surface area contributed by atoms with E-state index in [1.807, 2.05) is 4.90 Å². The summed E-state index contributed by atoms with van der Waals surface area (Å²) in [5.41, 5.74) is -0.0972. The molecule has 0 spiro atoms. The van der Waals surface area contributed by atoms with Gasteiger partial charge in [-0.3, -0.25) is 10.1 Å². The highest BCUT2D eigenvalue weighted by Crippen LogP contribution is 2.37. The number of hydrogen-bond donors (Lipinski definition) is 0. The lowest BCUT2D eigenvalue weighted by molar-refractivity contribution is -0.386. The number of para-hydroxylation sites is 1. The summed E-state index contributed by atoms with van der Waals surface area (Å²) < 4.78 is 18.6. The van der Waals surface area contributed by atoms with Crippen molar-refractivity contribution in [2.75, 3.05) is 25.2 Å². The van der Waals surface area contributed by atoms with Gasteiger partial charge >= 0.3 is 5.69 Å². The van der Waals surface area contributed by atoms with Gasteiger partial charge in [-0.15, -0.1) is 0 Å². The molecule has 0 aromatic heterocycles. The largest absolute Gasteiger partial charge is 0.383 e. The summed E-state index contributed by atoms with van der Waals surface area (Å²) >= 11 is 0. The Morgan fingerprint density at radius 1 is 1.56 bits per heavy atom. The Kier molecular flexibility index (Phi) is 3.76. The van der Waals surface area contributed by atoms with Crippen LogP contribution in [0.5, 0.6) is 0 Å². The van der Waals surface area contributed by atoms with Crippen molar-refractivity contribution in [1.82, 2.24) is 0 Å². The van der Waals surface area contributed by atoms with Crippen molar-refractivity contribution in [1.29, 1.82) is 0 Å². The van der Waals surface area contributed by atoms with E-state index < -0.39 is 16.4 Å². The lowest BCUT2D eigenvalue weighted by Gasteiger charge is -2.23. The molecular weight excluding hydrogens is 239 g/mol. The second-order valence-corrected chi connectivity index (χ2v) is 4.28. The Morgan fingerprint density at radius 3 is 2.83 bits per heavy atom. The monoisotopic (exact) mass is 254 g/mol. The molecule has 2 rings (SSSR count). The van der Waals surface area contributed by atoms with Crippen LogP contribution in [0.3, 0.4) is 0 Å². The Bertz CT molecular complexity index is 449. The van der Waals surface area contributed by atoms with Crippen LogP contribution >= 0.6 is 0 Å². The van der Waals surface area contributed by atoms with Crippen LogP contribution < -0.4 is 4.90 Å². The molecule has 1 aliphatic rings. The topological polar surface area (TPSA) is 55.6 Å². The first-order valence-corrected chi connectivity index (χ1v) is 5.83. The molecule has 1 aliphatic carbocycles. The molecular formula is C12H15FN2O3. The molecule has 0 bridgehead atoms. The van der Waals surface area contributed by atoms with E-state index in [0.29, 0.717) is 18.8 Å². The minimum atomic E-state index is -0.791. The molecule has 1 aromatic rings. The highest BCUT2D eigenvalue weighted by Gasteiger charge is 2.34. The molecule has 6 heteroatoms. The van der Waals surface area contributed by atoms with Gasteiger partial charge in [0.1, 0.15) is 5.69 Å². The molecule has 0 saturated heterocycles. The molecule has 0 heterocycles. The summed E-state index contributed by atoms with van der Waals surface area (Å²) in [6.07, 6.45) is 1.97. The van der Waals surface area contributed by atoms with Crippen molar-refractivity contribution >= 4 is 11.4 Å². The molecule has 0 unspecified atom stereocenters. The zero-order chi connectivity index (χ0) is 13.1. The van der Waals surface area contributed by atoms with Gasteiger partial charge in [-0.05, 0) is 25.0 Å². The number of anilines is 1. The van der Waals surface area contributed by atoms with E-state index in [4.69, 9.17) is 4.74 Å². The van der Waals surface area contributed by atoms with Crippen LogP contribution in [-0.4, -0.2) is 31.2 Å². The van der Waals surface area contributed by atoms with Crippen LogP contribution in [0, 0.1) is 15.9 Å². The first kappa shape index (κ1) is 12.8. The predicted molar refractivity (Wildman–Crippen MR) is 65.3 cm³/mol. The van der Waals surface area contributed by atoms with Gasteiger partial charge in [0.05, 0.1) is 11.5 Å². The lowest BCUT2D eigenvalue weighted by atomic mass is 10.2. The molecule has 0 amide bonds. The molecule has 5 nitrogen and oxygen atoms in total. The summed E-state index contributed by atoms with van der Waals surface area (Å²) in [6, 6.07) is 4.47. The van der Waals surface area contributed by atoms with Gasteiger partial charge in [-0.2, -0.15) is 4.39 Å². The number of ether oxygens (including phenoxy) is 1. The summed E-state index contributed by atoms with van der Waals surface area (Å²) in [7, 11) is 1.57.